The smallest absolute Gasteiger partial charge is 0.394 e. The first-order chi connectivity index (χ1) is 6.79. The molecule has 1 aliphatic rings. The van der Waals surface area contributed by atoms with E-state index >= 15 is 0 Å². The Labute approximate surface area is 86.7 Å². The Morgan fingerprint density at radius 2 is 2.00 bits per heavy atom. The van der Waals surface area contributed by atoms with Crippen molar-refractivity contribution in [1.29, 1.82) is 0 Å². The summed E-state index contributed by atoms with van der Waals surface area (Å²) in [6, 6.07) is 0. The van der Waals surface area contributed by atoms with Crippen molar-refractivity contribution in [3.8, 4) is 0 Å². The molecule has 0 radical (unpaired) electrons. The Morgan fingerprint density at radius 1 is 1.47 bits per heavy atom. The number of carbonyl (C=O) groups is 1. The van der Waals surface area contributed by atoms with Crippen molar-refractivity contribution >= 4 is 22.6 Å². The zero-order valence-electron chi connectivity index (χ0n) is 7.65. The Bertz CT molecular complexity index is 350. The SMILES string of the molecule is O=C(O)CC1C=NC=CC1.O=S(=O)(O)O. The molecule has 3 N–H and O–H groups in total. The van der Waals surface area contributed by atoms with Crippen molar-refractivity contribution in [2.24, 2.45) is 10.9 Å². The molecule has 1 aliphatic heterocycles. The van der Waals surface area contributed by atoms with E-state index in [-0.39, 0.29) is 12.3 Å². The van der Waals surface area contributed by atoms with E-state index in [0.717, 1.165) is 6.42 Å². The maximum atomic E-state index is 10.2. The second kappa shape index (κ2) is 6.27. The van der Waals surface area contributed by atoms with E-state index in [0.29, 0.717) is 0 Å². The van der Waals surface area contributed by atoms with E-state index in [1.165, 1.54) is 0 Å². The predicted octanol–water partition coefficient (Wildman–Crippen LogP) is 0.413. The van der Waals surface area contributed by atoms with Crippen LogP contribution in [0.4, 0.5) is 0 Å². The van der Waals surface area contributed by atoms with Gasteiger partial charge in [-0.3, -0.25) is 18.9 Å². The monoisotopic (exact) mass is 237 g/mol. The molecule has 86 valence electrons. The van der Waals surface area contributed by atoms with Crippen molar-refractivity contribution in [2.45, 2.75) is 12.8 Å². The van der Waals surface area contributed by atoms with Crippen molar-refractivity contribution in [1.82, 2.24) is 0 Å². The average molecular weight is 237 g/mol. The van der Waals surface area contributed by atoms with Crippen LogP contribution >= 0.6 is 0 Å². The van der Waals surface area contributed by atoms with Gasteiger partial charge in [-0.15, -0.1) is 0 Å². The van der Waals surface area contributed by atoms with E-state index in [1.807, 2.05) is 6.08 Å². The van der Waals surface area contributed by atoms with Gasteiger partial charge in [0, 0.05) is 18.3 Å². The maximum Gasteiger partial charge on any atom is 0.394 e. The lowest BCUT2D eigenvalue weighted by Gasteiger charge is -2.07. The fourth-order valence-electron chi connectivity index (χ4n) is 0.889. The molecule has 7 nitrogen and oxygen atoms in total. The molecule has 15 heavy (non-hydrogen) atoms. The number of hydrogen-bond donors (Lipinski definition) is 3. The number of carboxylic acid groups (broad SMARTS) is 1. The zero-order valence-corrected chi connectivity index (χ0v) is 8.46. The van der Waals surface area contributed by atoms with Crippen LogP contribution in [0.2, 0.25) is 0 Å². The number of aliphatic carboxylic acids is 1. The molecule has 0 aromatic carbocycles. The lowest BCUT2D eigenvalue weighted by Crippen LogP contribution is -2.09. The summed E-state index contributed by atoms with van der Waals surface area (Å²) in [5, 5.41) is 8.38. The first-order valence-corrected chi connectivity index (χ1v) is 5.28. The number of nitrogens with zero attached hydrogens (tertiary/aromatic N) is 1. The van der Waals surface area contributed by atoms with Gasteiger partial charge in [0.15, 0.2) is 0 Å². The fourth-order valence-corrected chi connectivity index (χ4v) is 0.889. The van der Waals surface area contributed by atoms with E-state index in [9.17, 15) is 4.79 Å². The third-order valence-corrected chi connectivity index (χ3v) is 1.36. The summed E-state index contributed by atoms with van der Waals surface area (Å²) in [6.07, 6.45) is 6.25. The number of rotatable bonds is 2. The van der Waals surface area contributed by atoms with Crippen LogP contribution in [-0.4, -0.2) is 34.8 Å². The van der Waals surface area contributed by atoms with Gasteiger partial charge < -0.3 is 5.11 Å². The molecule has 1 unspecified atom stereocenters. The highest BCUT2D eigenvalue weighted by molar-refractivity contribution is 7.79. The molecular formula is C7H11NO6S. The van der Waals surface area contributed by atoms with Crippen molar-refractivity contribution in [3.63, 3.8) is 0 Å². The van der Waals surface area contributed by atoms with Crippen LogP contribution < -0.4 is 0 Å². The van der Waals surface area contributed by atoms with Crippen LogP contribution in [0.3, 0.4) is 0 Å². The molecule has 0 saturated heterocycles. The predicted molar refractivity (Wildman–Crippen MR) is 52.2 cm³/mol. The van der Waals surface area contributed by atoms with Gasteiger partial charge in [-0.05, 0) is 6.42 Å². The summed E-state index contributed by atoms with van der Waals surface area (Å²) in [5.41, 5.74) is 0. The first kappa shape index (κ1) is 13.8. The van der Waals surface area contributed by atoms with Gasteiger partial charge in [0.1, 0.15) is 0 Å². The quantitative estimate of drug-likeness (QED) is 0.597. The first-order valence-electron chi connectivity index (χ1n) is 3.89. The maximum absolute atomic E-state index is 10.2. The van der Waals surface area contributed by atoms with Crippen LogP contribution in [0.5, 0.6) is 0 Å². The highest BCUT2D eigenvalue weighted by atomic mass is 32.3. The highest BCUT2D eigenvalue weighted by Crippen LogP contribution is 2.10. The Balaban J connectivity index is 0.000000336. The van der Waals surface area contributed by atoms with Gasteiger partial charge in [-0.1, -0.05) is 6.08 Å². The second-order valence-corrected chi connectivity index (χ2v) is 3.62. The van der Waals surface area contributed by atoms with Crippen molar-refractivity contribution in [3.05, 3.63) is 12.3 Å². The second-order valence-electron chi connectivity index (χ2n) is 2.72. The normalized spacial score (nSPS) is 19.2. The van der Waals surface area contributed by atoms with Gasteiger partial charge in [-0.25, -0.2) is 0 Å². The molecule has 8 heteroatoms. The number of aliphatic imine (C=N–C) groups is 1. The summed E-state index contributed by atoms with van der Waals surface area (Å²) < 4.78 is 31.6. The van der Waals surface area contributed by atoms with E-state index in [1.54, 1.807) is 12.4 Å². The standard InChI is InChI=1S/C7H9NO2.H2O4S/c9-7(10)4-6-2-1-3-8-5-6;1-5(2,3)4/h1,3,5-6H,2,4H2,(H,9,10);(H2,1,2,3,4). The van der Waals surface area contributed by atoms with Crippen LogP contribution in [-0.2, 0) is 15.2 Å². The van der Waals surface area contributed by atoms with E-state index < -0.39 is 16.4 Å². The molecule has 0 aliphatic carbocycles. The minimum absolute atomic E-state index is 0.0995. The minimum Gasteiger partial charge on any atom is -0.481 e. The summed E-state index contributed by atoms with van der Waals surface area (Å²) in [6.45, 7) is 0. The minimum atomic E-state index is -4.67. The van der Waals surface area contributed by atoms with Crippen LogP contribution in [0.25, 0.3) is 0 Å². The molecule has 0 aromatic heterocycles. The lowest BCUT2D eigenvalue weighted by atomic mass is 10.0. The number of allylic oxidation sites excluding steroid dienone is 1. The molecule has 0 bridgehead atoms. The topological polar surface area (TPSA) is 124 Å². The third-order valence-electron chi connectivity index (χ3n) is 1.36. The van der Waals surface area contributed by atoms with Gasteiger partial charge in [0.2, 0.25) is 0 Å². The van der Waals surface area contributed by atoms with Crippen molar-refractivity contribution < 1.29 is 27.4 Å². The summed E-state index contributed by atoms with van der Waals surface area (Å²) in [4.78, 5) is 14.0. The van der Waals surface area contributed by atoms with Gasteiger partial charge in [-0.2, -0.15) is 8.42 Å². The average Bonchev–Trinajstić information content (AvgIpc) is 2.01. The van der Waals surface area contributed by atoms with Gasteiger partial charge >= 0.3 is 16.4 Å². The summed E-state index contributed by atoms with van der Waals surface area (Å²) in [5.74, 6) is -0.658. The van der Waals surface area contributed by atoms with E-state index in [4.69, 9.17) is 22.6 Å². The highest BCUT2D eigenvalue weighted by Gasteiger charge is 2.09. The number of carboxylic acids is 1. The van der Waals surface area contributed by atoms with Gasteiger partial charge in [0.25, 0.3) is 0 Å². The van der Waals surface area contributed by atoms with E-state index in [2.05, 4.69) is 4.99 Å². The van der Waals surface area contributed by atoms with Crippen LogP contribution in [0.1, 0.15) is 12.8 Å². The van der Waals surface area contributed by atoms with Crippen molar-refractivity contribution in [2.75, 3.05) is 0 Å². The largest absolute Gasteiger partial charge is 0.481 e. The summed E-state index contributed by atoms with van der Waals surface area (Å²) in [7, 11) is -4.67. The molecule has 1 rings (SSSR count). The fraction of sp³-hybridized carbons (Fsp3) is 0.429. The molecule has 0 spiro atoms. The summed E-state index contributed by atoms with van der Waals surface area (Å²) >= 11 is 0. The molecule has 0 aromatic rings. The molecular weight excluding hydrogens is 226 g/mol. The molecule has 0 saturated carbocycles. The molecule has 0 amide bonds. The third kappa shape index (κ3) is 12.8. The van der Waals surface area contributed by atoms with Gasteiger partial charge in [0.05, 0.1) is 6.42 Å². The molecule has 0 fully saturated rings. The molecule has 1 atom stereocenters. The molecule has 1 heterocycles. The Kier molecular flexibility index (Phi) is 5.75. The van der Waals surface area contributed by atoms with Crippen LogP contribution in [0, 0.1) is 5.92 Å². The number of hydrogen-bond acceptors (Lipinski definition) is 4. The Morgan fingerprint density at radius 3 is 2.33 bits per heavy atom. The lowest BCUT2D eigenvalue weighted by molar-refractivity contribution is -0.137. The zero-order chi connectivity index (χ0) is 11.9. The Hall–Kier alpha value is -1.25. The van der Waals surface area contributed by atoms with Crippen LogP contribution in [0.15, 0.2) is 17.3 Å².